The molecule has 1 rings (SSSR count). The molecule has 0 saturated carbocycles. The molecule has 0 aliphatic rings. The van der Waals surface area contributed by atoms with Gasteiger partial charge in [-0.3, -0.25) is 4.79 Å². The number of carboxylic acid groups (broad SMARTS) is 1. The Kier molecular flexibility index (Phi) is 5.49. The predicted molar refractivity (Wildman–Crippen MR) is 67.3 cm³/mol. The first-order valence-corrected chi connectivity index (χ1v) is 6.04. The number of nitrogens with one attached hydrogen (secondary N) is 1. The number of benzene rings is 1. The first kappa shape index (κ1) is 13.2. The van der Waals surface area contributed by atoms with E-state index in [9.17, 15) is 4.79 Å². The topological polar surface area (TPSA) is 49.3 Å². The van der Waals surface area contributed by atoms with Gasteiger partial charge in [-0.2, -0.15) is 0 Å². The summed E-state index contributed by atoms with van der Waals surface area (Å²) in [4.78, 5) is 10.4. The van der Waals surface area contributed by atoms with Gasteiger partial charge in [0.05, 0.1) is 0 Å². The Labute approximate surface area is 104 Å². The van der Waals surface area contributed by atoms with Crippen molar-refractivity contribution in [3.8, 4) is 0 Å². The number of aliphatic carboxylic acids is 1. The molecule has 0 radical (unpaired) electrons. The quantitative estimate of drug-likeness (QED) is 0.845. The standard InChI is InChI=1S/C12H16BrNO2/c1-9(6-12(15)16)7-14-8-10-2-4-11(13)5-3-10/h2-5,9,14H,6-8H2,1H3,(H,15,16). The molecule has 88 valence electrons. The second-order valence-corrected chi connectivity index (χ2v) is 4.88. The Morgan fingerprint density at radius 2 is 2.06 bits per heavy atom. The highest BCUT2D eigenvalue weighted by Gasteiger charge is 2.06. The lowest BCUT2D eigenvalue weighted by molar-refractivity contribution is -0.137. The van der Waals surface area contributed by atoms with Gasteiger partial charge in [-0.15, -0.1) is 0 Å². The third kappa shape index (κ3) is 5.28. The van der Waals surface area contributed by atoms with Gasteiger partial charge < -0.3 is 10.4 Å². The summed E-state index contributed by atoms with van der Waals surface area (Å²) in [6, 6.07) is 8.08. The first-order valence-electron chi connectivity index (χ1n) is 5.25. The van der Waals surface area contributed by atoms with Crippen LogP contribution < -0.4 is 5.32 Å². The number of rotatable bonds is 6. The molecule has 4 heteroatoms. The average molecular weight is 286 g/mol. The molecule has 0 amide bonds. The van der Waals surface area contributed by atoms with Crippen molar-refractivity contribution >= 4 is 21.9 Å². The van der Waals surface area contributed by atoms with Crippen LogP contribution in [0.15, 0.2) is 28.7 Å². The van der Waals surface area contributed by atoms with Crippen molar-refractivity contribution < 1.29 is 9.90 Å². The molecule has 1 atom stereocenters. The molecule has 1 aromatic carbocycles. The van der Waals surface area contributed by atoms with Crippen molar-refractivity contribution in [3.63, 3.8) is 0 Å². The molecule has 0 aliphatic carbocycles. The SMILES string of the molecule is CC(CNCc1ccc(Br)cc1)CC(=O)O. The Hall–Kier alpha value is -0.870. The van der Waals surface area contributed by atoms with Crippen LogP contribution in [-0.2, 0) is 11.3 Å². The van der Waals surface area contributed by atoms with Gasteiger partial charge in [0, 0.05) is 17.4 Å². The summed E-state index contributed by atoms with van der Waals surface area (Å²) in [6.45, 7) is 3.43. The highest BCUT2D eigenvalue weighted by atomic mass is 79.9. The minimum Gasteiger partial charge on any atom is -0.481 e. The summed E-state index contributed by atoms with van der Waals surface area (Å²) in [6.07, 6.45) is 0.216. The fourth-order valence-corrected chi connectivity index (χ4v) is 1.70. The Balaban J connectivity index is 2.25. The van der Waals surface area contributed by atoms with Crippen LogP contribution in [0.3, 0.4) is 0 Å². The second-order valence-electron chi connectivity index (χ2n) is 3.96. The van der Waals surface area contributed by atoms with E-state index in [4.69, 9.17) is 5.11 Å². The largest absolute Gasteiger partial charge is 0.481 e. The molecule has 2 N–H and O–H groups in total. The maximum absolute atomic E-state index is 10.4. The number of hydrogen-bond donors (Lipinski definition) is 2. The predicted octanol–water partition coefficient (Wildman–Crippen LogP) is 2.65. The summed E-state index contributed by atoms with van der Waals surface area (Å²) < 4.78 is 1.07. The van der Waals surface area contributed by atoms with Gasteiger partial charge in [0.15, 0.2) is 0 Å². The van der Waals surface area contributed by atoms with Gasteiger partial charge in [0.2, 0.25) is 0 Å². The molecule has 0 spiro atoms. The van der Waals surface area contributed by atoms with Crippen molar-refractivity contribution in [1.29, 1.82) is 0 Å². The molecule has 0 saturated heterocycles. The minimum atomic E-state index is -0.738. The molecule has 1 unspecified atom stereocenters. The maximum Gasteiger partial charge on any atom is 0.303 e. The van der Waals surface area contributed by atoms with E-state index < -0.39 is 5.97 Å². The van der Waals surface area contributed by atoms with Crippen LogP contribution in [0.5, 0.6) is 0 Å². The molecule has 0 aliphatic heterocycles. The Morgan fingerprint density at radius 3 is 2.62 bits per heavy atom. The van der Waals surface area contributed by atoms with Gasteiger partial charge >= 0.3 is 5.97 Å². The fourth-order valence-electron chi connectivity index (χ4n) is 1.44. The van der Waals surface area contributed by atoms with Crippen LogP contribution in [0.2, 0.25) is 0 Å². The van der Waals surface area contributed by atoms with Crippen molar-refractivity contribution in [2.75, 3.05) is 6.54 Å². The van der Waals surface area contributed by atoms with Crippen LogP contribution in [0.1, 0.15) is 18.9 Å². The lowest BCUT2D eigenvalue weighted by Gasteiger charge is -2.10. The molecule has 0 fully saturated rings. The van der Waals surface area contributed by atoms with Crippen molar-refractivity contribution in [2.24, 2.45) is 5.92 Å². The monoisotopic (exact) mass is 285 g/mol. The second kappa shape index (κ2) is 6.66. The number of carbonyl (C=O) groups is 1. The normalized spacial score (nSPS) is 12.4. The zero-order valence-electron chi connectivity index (χ0n) is 9.24. The van der Waals surface area contributed by atoms with Crippen LogP contribution in [0, 0.1) is 5.92 Å². The van der Waals surface area contributed by atoms with Crippen LogP contribution in [0.25, 0.3) is 0 Å². The van der Waals surface area contributed by atoms with Gasteiger partial charge in [-0.05, 0) is 30.2 Å². The Bertz CT molecular complexity index is 337. The summed E-state index contributed by atoms with van der Waals surface area (Å²) in [7, 11) is 0. The number of halogens is 1. The number of hydrogen-bond acceptors (Lipinski definition) is 2. The summed E-state index contributed by atoms with van der Waals surface area (Å²) in [5.74, 6) is -0.578. The number of carboxylic acids is 1. The van der Waals surface area contributed by atoms with Gasteiger partial charge in [-0.25, -0.2) is 0 Å². The third-order valence-corrected chi connectivity index (χ3v) is 2.79. The van der Waals surface area contributed by atoms with E-state index >= 15 is 0 Å². The molecule has 1 aromatic rings. The lowest BCUT2D eigenvalue weighted by atomic mass is 10.1. The van der Waals surface area contributed by atoms with Gasteiger partial charge in [0.25, 0.3) is 0 Å². The molecular weight excluding hydrogens is 270 g/mol. The Morgan fingerprint density at radius 1 is 1.44 bits per heavy atom. The zero-order valence-corrected chi connectivity index (χ0v) is 10.8. The van der Waals surface area contributed by atoms with E-state index in [2.05, 4.69) is 21.2 Å². The molecule has 0 heterocycles. The lowest BCUT2D eigenvalue weighted by Crippen LogP contribution is -2.22. The van der Waals surface area contributed by atoms with E-state index in [0.717, 1.165) is 17.6 Å². The highest BCUT2D eigenvalue weighted by molar-refractivity contribution is 9.10. The van der Waals surface area contributed by atoms with E-state index in [0.29, 0.717) is 0 Å². The molecule has 0 bridgehead atoms. The van der Waals surface area contributed by atoms with E-state index in [1.165, 1.54) is 5.56 Å². The molecule has 16 heavy (non-hydrogen) atoms. The van der Waals surface area contributed by atoms with Gasteiger partial charge in [0.1, 0.15) is 0 Å². The van der Waals surface area contributed by atoms with E-state index in [1.807, 2.05) is 31.2 Å². The average Bonchev–Trinajstić information content (AvgIpc) is 2.20. The van der Waals surface area contributed by atoms with Gasteiger partial charge in [-0.1, -0.05) is 35.0 Å². The maximum atomic E-state index is 10.4. The fraction of sp³-hybridized carbons (Fsp3) is 0.417. The van der Waals surface area contributed by atoms with Crippen molar-refractivity contribution in [3.05, 3.63) is 34.3 Å². The molecule has 3 nitrogen and oxygen atoms in total. The molecular formula is C12H16BrNO2. The van der Waals surface area contributed by atoms with E-state index in [-0.39, 0.29) is 12.3 Å². The summed E-state index contributed by atoms with van der Waals surface area (Å²) in [5, 5.41) is 11.8. The van der Waals surface area contributed by atoms with Crippen molar-refractivity contribution in [2.45, 2.75) is 19.9 Å². The van der Waals surface area contributed by atoms with Crippen LogP contribution >= 0.6 is 15.9 Å². The summed E-state index contributed by atoms with van der Waals surface area (Å²) in [5.41, 5.74) is 1.20. The third-order valence-electron chi connectivity index (χ3n) is 2.26. The minimum absolute atomic E-state index is 0.160. The summed E-state index contributed by atoms with van der Waals surface area (Å²) >= 11 is 3.38. The van der Waals surface area contributed by atoms with E-state index in [1.54, 1.807) is 0 Å². The first-order chi connectivity index (χ1) is 7.58. The van der Waals surface area contributed by atoms with Crippen LogP contribution in [-0.4, -0.2) is 17.6 Å². The molecule has 0 aromatic heterocycles. The smallest absolute Gasteiger partial charge is 0.303 e. The highest BCUT2D eigenvalue weighted by Crippen LogP contribution is 2.10. The van der Waals surface area contributed by atoms with Crippen molar-refractivity contribution in [1.82, 2.24) is 5.32 Å². The van der Waals surface area contributed by atoms with Crippen LogP contribution in [0.4, 0.5) is 0 Å². The zero-order chi connectivity index (χ0) is 12.0.